The number of para-hydroxylation sites is 1. The molecule has 0 amide bonds. The fourth-order valence-corrected chi connectivity index (χ4v) is 2.77. The van der Waals surface area contributed by atoms with Gasteiger partial charge in [0.05, 0.1) is 5.69 Å². The average molecular weight is 327 g/mol. The number of H-pyrrole nitrogens is 1. The van der Waals surface area contributed by atoms with Crippen LogP contribution < -0.4 is 4.74 Å². The van der Waals surface area contributed by atoms with Crippen molar-refractivity contribution in [3.05, 3.63) is 84.7 Å². The topological polar surface area (TPSA) is 50.8 Å². The van der Waals surface area contributed by atoms with Gasteiger partial charge in [0.1, 0.15) is 17.2 Å². The molecule has 122 valence electrons. The molecule has 0 saturated carbocycles. The summed E-state index contributed by atoms with van der Waals surface area (Å²) in [5.74, 6) is 1.61. The van der Waals surface area contributed by atoms with Crippen molar-refractivity contribution in [2.24, 2.45) is 0 Å². The summed E-state index contributed by atoms with van der Waals surface area (Å²) >= 11 is 0. The summed E-state index contributed by atoms with van der Waals surface area (Å²) < 4.78 is 5.85. The predicted molar refractivity (Wildman–Crippen MR) is 98.5 cm³/mol. The predicted octanol–water partition coefficient (Wildman–Crippen LogP) is 5.24. The fraction of sp³-hybridized carbons (Fsp3) is 0.0476. The lowest BCUT2D eigenvalue weighted by molar-refractivity contribution is 0.483. The maximum Gasteiger partial charge on any atom is 0.127 e. The van der Waals surface area contributed by atoms with Gasteiger partial charge in [0.2, 0.25) is 0 Å². The molecule has 0 aliphatic rings. The van der Waals surface area contributed by atoms with Gasteiger partial charge in [0.25, 0.3) is 0 Å². The van der Waals surface area contributed by atoms with E-state index >= 15 is 0 Å². The second kappa shape index (κ2) is 6.61. The number of ether oxygens (including phenoxy) is 1. The van der Waals surface area contributed by atoms with Crippen LogP contribution in [-0.4, -0.2) is 15.2 Å². The molecule has 0 radical (unpaired) electrons. The van der Waals surface area contributed by atoms with Gasteiger partial charge in [-0.05, 0) is 55.5 Å². The molecule has 4 heteroatoms. The van der Waals surface area contributed by atoms with Crippen LogP contribution in [0.1, 0.15) is 5.69 Å². The molecule has 0 aliphatic heterocycles. The monoisotopic (exact) mass is 327 g/mol. The van der Waals surface area contributed by atoms with E-state index in [2.05, 4.69) is 15.2 Å². The maximum atomic E-state index is 5.85. The van der Waals surface area contributed by atoms with Crippen LogP contribution in [-0.2, 0) is 0 Å². The lowest BCUT2D eigenvalue weighted by Crippen LogP contribution is -1.88. The standard InChI is InChI=1S/C21H17N3O/c1-15-20(19-9-5-6-14-22-19)21(24-23-15)16-10-12-18(13-11-16)25-17-7-3-2-4-8-17/h2-14H,1H3,(H,23,24). The van der Waals surface area contributed by atoms with E-state index in [1.165, 1.54) is 0 Å². The third-order valence-electron chi connectivity index (χ3n) is 3.97. The largest absolute Gasteiger partial charge is 0.457 e. The molecule has 4 nitrogen and oxygen atoms in total. The van der Waals surface area contributed by atoms with E-state index in [0.29, 0.717) is 0 Å². The molecular formula is C21H17N3O. The van der Waals surface area contributed by atoms with Gasteiger partial charge in [-0.2, -0.15) is 5.10 Å². The first-order chi connectivity index (χ1) is 12.3. The zero-order valence-electron chi connectivity index (χ0n) is 13.8. The molecule has 0 atom stereocenters. The van der Waals surface area contributed by atoms with Crippen LogP contribution in [0.3, 0.4) is 0 Å². The highest BCUT2D eigenvalue weighted by Crippen LogP contribution is 2.33. The van der Waals surface area contributed by atoms with Crippen molar-refractivity contribution in [1.29, 1.82) is 0 Å². The molecule has 1 N–H and O–H groups in total. The van der Waals surface area contributed by atoms with Crippen molar-refractivity contribution in [2.75, 3.05) is 0 Å². The second-order valence-corrected chi connectivity index (χ2v) is 5.73. The number of aromatic nitrogens is 3. The van der Waals surface area contributed by atoms with Crippen LogP contribution in [0.15, 0.2) is 79.0 Å². The minimum atomic E-state index is 0.793. The van der Waals surface area contributed by atoms with E-state index in [-0.39, 0.29) is 0 Å². The molecule has 0 unspecified atom stereocenters. The molecule has 2 aromatic heterocycles. The molecule has 4 rings (SSSR count). The number of hydrogen-bond donors (Lipinski definition) is 1. The van der Waals surface area contributed by atoms with Gasteiger partial charge in [-0.3, -0.25) is 10.1 Å². The van der Waals surface area contributed by atoms with Gasteiger partial charge in [-0.25, -0.2) is 0 Å². The van der Waals surface area contributed by atoms with Crippen molar-refractivity contribution < 1.29 is 4.74 Å². The Morgan fingerprint density at radius 2 is 1.52 bits per heavy atom. The summed E-state index contributed by atoms with van der Waals surface area (Å²) in [6.07, 6.45) is 1.79. The Labute approximate surface area is 146 Å². The Kier molecular flexibility index (Phi) is 4.01. The minimum Gasteiger partial charge on any atom is -0.457 e. The Morgan fingerprint density at radius 1 is 0.800 bits per heavy atom. The first kappa shape index (κ1) is 15.1. The molecule has 2 aromatic carbocycles. The summed E-state index contributed by atoms with van der Waals surface area (Å²) in [6.45, 7) is 2.01. The number of aryl methyl sites for hydroxylation is 1. The molecule has 25 heavy (non-hydrogen) atoms. The lowest BCUT2D eigenvalue weighted by Gasteiger charge is -2.07. The molecule has 0 spiro atoms. The van der Waals surface area contributed by atoms with Crippen molar-refractivity contribution in [3.8, 4) is 34.0 Å². The Morgan fingerprint density at radius 3 is 2.24 bits per heavy atom. The molecule has 2 heterocycles. The van der Waals surface area contributed by atoms with E-state index < -0.39 is 0 Å². The van der Waals surface area contributed by atoms with E-state index in [0.717, 1.165) is 39.7 Å². The molecule has 0 saturated heterocycles. The van der Waals surface area contributed by atoms with Crippen molar-refractivity contribution in [3.63, 3.8) is 0 Å². The number of aromatic amines is 1. The SMILES string of the molecule is Cc1[nH]nc(-c2ccc(Oc3ccccc3)cc2)c1-c1ccccn1. The Balaban J connectivity index is 1.65. The van der Waals surface area contributed by atoms with E-state index in [1.54, 1.807) is 6.20 Å². The van der Waals surface area contributed by atoms with E-state index in [4.69, 9.17) is 4.74 Å². The van der Waals surface area contributed by atoms with E-state index in [9.17, 15) is 0 Å². The highest BCUT2D eigenvalue weighted by atomic mass is 16.5. The molecule has 0 fully saturated rings. The quantitative estimate of drug-likeness (QED) is 0.557. The number of nitrogens with one attached hydrogen (secondary N) is 1. The van der Waals surface area contributed by atoms with Crippen LogP contribution in [0.2, 0.25) is 0 Å². The normalized spacial score (nSPS) is 10.6. The van der Waals surface area contributed by atoms with Gasteiger partial charge in [0.15, 0.2) is 0 Å². The summed E-state index contributed by atoms with van der Waals surface area (Å²) in [7, 11) is 0. The maximum absolute atomic E-state index is 5.85. The Bertz CT molecular complexity index is 961. The number of rotatable bonds is 4. The zero-order chi connectivity index (χ0) is 17.1. The lowest BCUT2D eigenvalue weighted by atomic mass is 10.0. The second-order valence-electron chi connectivity index (χ2n) is 5.73. The Hall–Kier alpha value is -3.40. The van der Waals surface area contributed by atoms with Crippen molar-refractivity contribution in [2.45, 2.75) is 6.92 Å². The van der Waals surface area contributed by atoms with Crippen molar-refractivity contribution in [1.82, 2.24) is 15.2 Å². The van der Waals surface area contributed by atoms with Gasteiger partial charge in [-0.15, -0.1) is 0 Å². The van der Waals surface area contributed by atoms with E-state index in [1.807, 2.05) is 79.7 Å². The number of pyridine rings is 1. The van der Waals surface area contributed by atoms with Crippen molar-refractivity contribution >= 4 is 0 Å². The molecular weight excluding hydrogens is 310 g/mol. The first-order valence-electron chi connectivity index (χ1n) is 8.11. The number of hydrogen-bond acceptors (Lipinski definition) is 3. The highest BCUT2D eigenvalue weighted by molar-refractivity contribution is 5.80. The minimum absolute atomic E-state index is 0.793. The number of nitrogens with zero attached hydrogens (tertiary/aromatic N) is 2. The summed E-state index contributed by atoms with van der Waals surface area (Å²) in [4.78, 5) is 4.46. The van der Waals surface area contributed by atoms with Gasteiger partial charge >= 0.3 is 0 Å². The highest BCUT2D eigenvalue weighted by Gasteiger charge is 2.15. The van der Waals surface area contributed by atoms with Crippen LogP contribution in [0.5, 0.6) is 11.5 Å². The van der Waals surface area contributed by atoms with Crippen LogP contribution >= 0.6 is 0 Å². The van der Waals surface area contributed by atoms with Crippen LogP contribution in [0.4, 0.5) is 0 Å². The molecule has 4 aromatic rings. The fourth-order valence-electron chi connectivity index (χ4n) is 2.77. The van der Waals surface area contributed by atoms with Gasteiger partial charge < -0.3 is 4.74 Å². The van der Waals surface area contributed by atoms with Crippen LogP contribution in [0, 0.1) is 6.92 Å². The summed E-state index contributed by atoms with van der Waals surface area (Å²) in [6, 6.07) is 23.6. The molecule has 0 aliphatic carbocycles. The number of benzene rings is 2. The molecule has 0 bridgehead atoms. The smallest absolute Gasteiger partial charge is 0.127 e. The average Bonchev–Trinajstić information content (AvgIpc) is 3.05. The van der Waals surface area contributed by atoms with Gasteiger partial charge in [0, 0.05) is 23.0 Å². The summed E-state index contributed by atoms with van der Waals surface area (Å²) in [5.41, 5.74) is 4.84. The van der Waals surface area contributed by atoms with Gasteiger partial charge in [-0.1, -0.05) is 24.3 Å². The summed E-state index contributed by atoms with van der Waals surface area (Å²) in [5, 5.41) is 7.54. The third kappa shape index (κ3) is 3.15. The van der Waals surface area contributed by atoms with Crippen LogP contribution in [0.25, 0.3) is 22.5 Å². The third-order valence-corrected chi connectivity index (χ3v) is 3.97. The first-order valence-corrected chi connectivity index (χ1v) is 8.11. The zero-order valence-corrected chi connectivity index (χ0v) is 13.8.